The van der Waals surface area contributed by atoms with Gasteiger partial charge >= 0.3 is 0 Å². The maximum Gasteiger partial charge on any atom is 0.231 e. The predicted molar refractivity (Wildman–Crippen MR) is 85.5 cm³/mol. The molecule has 1 aliphatic rings. The molecular weight excluding hydrogens is 276 g/mol. The molecule has 0 aromatic heterocycles. The number of hydrogen-bond acceptors (Lipinski definition) is 2. The average molecular weight is 294 g/mol. The molecule has 2 aromatic carbocycles. The number of likely N-dealkylation sites (N-methyl/N-ethyl adjacent to an activating group) is 1. The summed E-state index contributed by atoms with van der Waals surface area (Å²) in [6.07, 6.45) is 0.753. The fraction of sp³-hybridized carbons (Fsp3) is 0.222. The normalized spacial score (nSPS) is 13.1. The first-order valence-corrected chi connectivity index (χ1v) is 7.32. The van der Waals surface area contributed by atoms with Crippen molar-refractivity contribution in [2.45, 2.75) is 19.4 Å². The lowest BCUT2D eigenvalue weighted by Crippen LogP contribution is -2.24. The Morgan fingerprint density at radius 1 is 1.14 bits per heavy atom. The number of hydrogen-bond donors (Lipinski definition) is 1. The Hall–Kier alpha value is -2.62. The van der Waals surface area contributed by atoms with Gasteiger partial charge in [0.15, 0.2) is 0 Å². The highest BCUT2D eigenvalue weighted by atomic mass is 16.2. The molecular formula is C18H18N2O2. The third-order valence-electron chi connectivity index (χ3n) is 3.92. The summed E-state index contributed by atoms with van der Waals surface area (Å²) < 4.78 is 0. The predicted octanol–water partition coefficient (Wildman–Crippen LogP) is 2.06. The molecule has 0 saturated heterocycles. The summed E-state index contributed by atoms with van der Waals surface area (Å²) in [6, 6.07) is 15.6. The second kappa shape index (κ2) is 6.02. The van der Waals surface area contributed by atoms with E-state index in [0.29, 0.717) is 19.4 Å². The molecule has 0 fully saturated rings. The summed E-state index contributed by atoms with van der Waals surface area (Å²) in [5.41, 5.74) is 3.96. The molecule has 1 N–H and O–H groups in total. The van der Waals surface area contributed by atoms with Gasteiger partial charge in [-0.1, -0.05) is 42.5 Å². The first-order valence-electron chi connectivity index (χ1n) is 7.32. The average Bonchev–Trinajstić information content (AvgIpc) is 2.81. The Morgan fingerprint density at radius 2 is 1.91 bits per heavy atom. The summed E-state index contributed by atoms with van der Waals surface area (Å²) >= 11 is 0. The Kier molecular flexibility index (Phi) is 3.92. The van der Waals surface area contributed by atoms with Crippen LogP contribution in [0.25, 0.3) is 0 Å². The SMILES string of the molecule is CN1C(=O)Cc2cc(CC(=O)NCc3ccccc3)ccc21. The molecule has 0 spiro atoms. The minimum atomic E-state index is -0.0125. The van der Waals surface area contributed by atoms with Crippen LogP contribution in [0.4, 0.5) is 5.69 Å². The lowest BCUT2D eigenvalue weighted by molar-refractivity contribution is -0.120. The van der Waals surface area contributed by atoms with Crippen molar-refractivity contribution in [2.24, 2.45) is 0 Å². The topological polar surface area (TPSA) is 49.4 Å². The van der Waals surface area contributed by atoms with Gasteiger partial charge in [-0.15, -0.1) is 0 Å². The Bertz CT molecular complexity index is 710. The van der Waals surface area contributed by atoms with E-state index < -0.39 is 0 Å². The Labute approximate surface area is 129 Å². The van der Waals surface area contributed by atoms with Crippen LogP contribution in [-0.2, 0) is 29.0 Å². The van der Waals surface area contributed by atoms with E-state index in [0.717, 1.165) is 22.4 Å². The number of anilines is 1. The minimum Gasteiger partial charge on any atom is -0.352 e. The van der Waals surface area contributed by atoms with Crippen molar-refractivity contribution >= 4 is 17.5 Å². The molecule has 1 aliphatic heterocycles. The van der Waals surface area contributed by atoms with Gasteiger partial charge in [0, 0.05) is 19.3 Å². The van der Waals surface area contributed by atoms with E-state index >= 15 is 0 Å². The number of benzene rings is 2. The molecule has 0 radical (unpaired) electrons. The Balaban J connectivity index is 1.61. The van der Waals surface area contributed by atoms with Crippen molar-refractivity contribution in [3.8, 4) is 0 Å². The number of rotatable bonds is 4. The third kappa shape index (κ3) is 3.01. The van der Waals surface area contributed by atoms with Crippen LogP contribution in [-0.4, -0.2) is 18.9 Å². The summed E-state index contributed by atoms with van der Waals surface area (Å²) in [6.45, 7) is 0.534. The van der Waals surface area contributed by atoms with Gasteiger partial charge in [-0.25, -0.2) is 0 Å². The first kappa shape index (κ1) is 14.3. The van der Waals surface area contributed by atoms with Crippen LogP contribution in [0.15, 0.2) is 48.5 Å². The fourth-order valence-electron chi connectivity index (χ4n) is 2.68. The zero-order valence-electron chi connectivity index (χ0n) is 12.5. The van der Waals surface area contributed by atoms with Gasteiger partial charge < -0.3 is 10.2 Å². The van der Waals surface area contributed by atoms with Gasteiger partial charge in [0.1, 0.15) is 0 Å². The maximum atomic E-state index is 12.0. The van der Waals surface area contributed by atoms with Crippen molar-refractivity contribution < 1.29 is 9.59 Å². The van der Waals surface area contributed by atoms with Crippen LogP contribution in [0.3, 0.4) is 0 Å². The van der Waals surface area contributed by atoms with Gasteiger partial charge in [0.2, 0.25) is 11.8 Å². The number of fused-ring (bicyclic) bond motifs is 1. The quantitative estimate of drug-likeness (QED) is 0.938. The second-order valence-corrected chi connectivity index (χ2v) is 5.53. The third-order valence-corrected chi connectivity index (χ3v) is 3.92. The van der Waals surface area contributed by atoms with Crippen molar-refractivity contribution in [2.75, 3.05) is 11.9 Å². The lowest BCUT2D eigenvalue weighted by Gasteiger charge is -2.10. The molecule has 0 unspecified atom stereocenters. The van der Waals surface area contributed by atoms with Gasteiger partial charge in [0.05, 0.1) is 12.8 Å². The maximum absolute atomic E-state index is 12.0. The number of nitrogens with zero attached hydrogens (tertiary/aromatic N) is 1. The van der Waals surface area contributed by atoms with E-state index in [1.165, 1.54) is 0 Å². The van der Waals surface area contributed by atoms with Crippen molar-refractivity contribution in [3.05, 3.63) is 65.2 Å². The fourth-order valence-corrected chi connectivity index (χ4v) is 2.68. The molecule has 0 atom stereocenters. The van der Waals surface area contributed by atoms with Gasteiger partial charge in [0.25, 0.3) is 0 Å². The number of carbonyl (C=O) groups is 2. The second-order valence-electron chi connectivity index (χ2n) is 5.53. The molecule has 2 aromatic rings. The van der Waals surface area contributed by atoms with Gasteiger partial charge in [-0.05, 0) is 22.8 Å². The van der Waals surface area contributed by atoms with Crippen molar-refractivity contribution in [1.29, 1.82) is 0 Å². The first-order chi connectivity index (χ1) is 10.6. The molecule has 4 nitrogen and oxygen atoms in total. The Morgan fingerprint density at radius 3 is 2.68 bits per heavy atom. The summed E-state index contributed by atoms with van der Waals surface area (Å²) in [5, 5.41) is 2.92. The van der Waals surface area contributed by atoms with Crippen LogP contribution < -0.4 is 10.2 Å². The molecule has 0 saturated carbocycles. The van der Waals surface area contributed by atoms with Crippen molar-refractivity contribution in [3.63, 3.8) is 0 Å². The largest absolute Gasteiger partial charge is 0.352 e. The standard InChI is InChI=1S/C18H18N2O2/c1-20-16-8-7-14(9-15(16)11-18(20)22)10-17(21)19-12-13-5-3-2-4-6-13/h2-9H,10-12H2,1H3,(H,19,21). The van der Waals surface area contributed by atoms with Gasteiger partial charge in [-0.2, -0.15) is 0 Å². The van der Waals surface area contributed by atoms with Crippen LogP contribution >= 0.6 is 0 Å². The smallest absolute Gasteiger partial charge is 0.231 e. The molecule has 4 heteroatoms. The highest BCUT2D eigenvalue weighted by Gasteiger charge is 2.23. The molecule has 3 rings (SSSR count). The molecule has 112 valence electrons. The zero-order valence-corrected chi connectivity index (χ0v) is 12.5. The number of nitrogens with one attached hydrogen (secondary N) is 1. The van der Waals surface area contributed by atoms with E-state index in [9.17, 15) is 9.59 Å². The number of carbonyl (C=O) groups excluding carboxylic acids is 2. The van der Waals surface area contributed by atoms with E-state index in [1.54, 1.807) is 11.9 Å². The monoisotopic (exact) mass is 294 g/mol. The van der Waals surface area contributed by atoms with Crippen molar-refractivity contribution in [1.82, 2.24) is 5.32 Å². The summed E-state index contributed by atoms with van der Waals surface area (Å²) in [5.74, 6) is 0.0853. The molecule has 22 heavy (non-hydrogen) atoms. The molecule has 0 bridgehead atoms. The highest BCUT2D eigenvalue weighted by Crippen LogP contribution is 2.28. The van der Waals surface area contributed by atoms with E-state index in [1.807, 2.05) is 48.5 Å². The van der Waals surface area contributed by atoms with Crippen LogP contribution in [0.5, 0.6) is 0 Å². The van der Waals surface area contributed by atoms with Crippen LogP contribution in [0.1, 0.15) is 16.7 Å². The highest BCUT2D eigenvalue weighted by molar-refractivity contribution is 6.01. The molecule has 1 heterocycles. The molecule has 0 aliphatic carbocycles. The van der Waals surface area contributed by atoms with Crippen LogP contribution in [0, 0.1) is 0 Å². The van der Waals surface area contributed by atoms with E-state index in [2.05, 4.69) is 5.32 Å². The zero-order chi connectivity index (χ0) is 15.5. The number of amides is 2. The van der Waals surface area contributed by atoms with E-state index in [-0.39, 0.29) is 11.8 Å². The van der Waals surface area contributed by atoms with Gasteiger partial charge in [-0.3, -0.25) is 9.59 Å². The lowest BCUT2D eigenvalue weighted by atomic mass is 10.1. The van der Waals surface area contributed by atoms with Crippen LogP contribution in [0.2, 0.25) is 0 Å². The summed E-state index contributed by atoms with van der Waals surface area (Å²) in [4.78, 5) is 25.4. The van der Waals surface area contributed by atoms with E-state index in [4.69, 9.17) is 0 Å². The minimum absolute atomic E-state index is 0.0125. The molecule has 2 amide bonds. The summed E-state index contributed by atoms with van der Waals surface area (Å²) in [7, 11) is 1.78.